The van der Waals surface area contributed by atoms with Crippen molar-refractivity contribution in [2.75, 3.05) is 20.6 Å². The van der Waals surface area contributed by atoms with E-state index in [1.807, 2.05) is 36.5 Å². The first-order valence-corrected chi connectivity index (χ1v) is 8.63. The average molecular weight is 357 g/mol. The second-order valence-electron chi connectivity index (χ2n) is 4.94. The molecule has 2 aromatic rings. The normalized spacial score (nSPS) is 12.6. The lowest BCUT2D eigenvalue weighted by molar-refractivity contribution is 0.0938. The number of hydrogen-bond acceptors (Lipinski definition) is 5. The van der Waals surface area contributed by atoms with Gasteiger partial charge in [0.05, 0.1) is 11.6 Å². The number of carbonyl (C=O) groups excluding carboxylic acids is 1. The van der Waals surface area contributed by atoms with Crippen molar-refractivity contribution in [1.29, 1.82) is 0 Å². The number of hydrogen-bond donors (Lipinski definition) is 1. The van der Waals surface area contributed by atoms with Crippen LogP contribution in [-0.2, 0) is 0 Å². The van der Waals surface area contributed by atoms with Gasteiger partial charge in [0.2, 0.25) is 0 Å². The molecule has 0 bridgehead atoms. The molecule has 0 aliphatic rings. The van der Waals surface area contributed by atoms with Gasteiger partial charge >= 0.3 is 0 Å². The zero-order valence-corrected chi connectivity index (χ0v) is 14.3. The van der Waals surface area contributed by atoms with E-state index >= 15 is 0 Å². The molecule has 0 fully saturated rings. The third-order valence-electron chi connectivity index (χ3n) is 3.17. The first-order valence-electron chi connectivity index (χ1n) is 6.87. The van der Waals surface area contributed by atoms with Crippen LogP contribution < -0.4 is 5.32 Å². The van der Waals surface area contributed by atoms with Crippen molar-refractivity contribution in [1.82, 2.24) is 15.2 Å². The Morgan fingerprint density at radius 2 is 2.17 bits per heavy atom. The van der Waals surface area contributed by atoms with Gasteiger partial charge in [-0.3, -0.25) is 4.79 Å². The van der Waals surface area contributed by atoms with E-state index in [2.05, 4.69) is 10.3 Å². The smallest absolute Gasteiger partial charge is 0.290 e. The molecule has 8 heteroatoms. The van der Waals surface area contributed by atoms with E-state index in [0.29, 0.717) is 6.54 Å². The van der Waals surface area contributed by atoms with E-state index in [0.717, 1.165) is 4.88 Å². The fraction of sp³-hybridized carbons (Fsp3) is 0.333. The van der Waals surface area contributed by atoms with Gasteiger partial charge in [-0.05, 0) is 49.4 Å². The Kier molecular flexibility index (Phi) is 6.49. The minimum atomic E-state index is -2.61. The predicted octanol–water partition coefficient (Wildman–Crippen LogP) is 3.49. The Bertz CT molecular complexity index is 635. The molecule has 2 aromatic heterocycles. The lowest BCUT2D eigenvalue weighted by Gasteiger charge is -2.23. The number of thiophene rings is 1. The lowest BCUT2D eigenvalue weighted by atomic mass is 10.2. The van der Waals surface area contributed by atoms with Crippen molar-refractivity contribution in [3.63, 3.8) is 0 Å². The Morgan fingerprint density at radius 1 is 1.39 bits per heavy atom. The quantitative estimate of drug-likeness (QED) is 0.771. The summed E-state index contributed by atoms with van der Waals surface area (Å²) in [5.74, 6) is -3.01. The predicted molar refractivity (Wildman–Crippen MR) is 89.2 cm³/mol. The molecular formula is C15H17F2N3OS2. The molecule has 0 saturated carbocycles. The van der Waals surface area contributed by atoms with Crippen molar-refractivity contribution in [2.45, 2.75) is 16.8 Å². The van der Waals surface area contributed by atoms with E-state index in [4.69, 9.17) is 0 Å². The molecule has 0 radical (unpaired) electrons. The van der Waals surface area contributed by atoms with Crippen molar-refractivity contribution >= 4 is 29.0 Å². The highest BCUT2D eigenvalue weighted by molar-refractivity contribution is 7.99. The SMILES string of the molecule is CN(C)C(CNC(=O)c1cccnc1SC(F)F)c1cccs1. The van der Waals surface area contributed by atoms with Gasteiger partial charge in [0.1, 0.15) is 5.03 Å². The van der Waals surface area contributed by atoms with Crippen LogP contribution in [0.1, 0.15) is 21.3 Å². The van der Waals surface area contributed by atoms with Gasteiger partial charge in [0.15, 0.2) is 0 Å². The van der Waals surface area contributed by atoms with Crippen molar-refractivity contribution in [2.24, 2.45) is 0 Å². The molecule has 1 unspecified atom stereocenters. The molecule has 0 aliphatic carbocycles. The summed E-state index contributed by atoms with van der Waals surface area (Å²) in [6.45, 7) is 0.389. The van der Waals surface area contributed by atoms with E-state index in [1.54, 1.807) is 17.4 Å². The molecule has 1 N–H and O–H groups in total. The third kappa shape index (κ3) is 4.98. The van der Waals surface area contributed by atoms with Gasteiger partial charge < -0.3 is 10.2 Å². The summed E-state index contributed by atoms with van der Waals surface area (Å²) < 4.78 is 25.1. The lowest BCUT2D eigenvalue weighted by Crippen LogP contribution is -2.34. The Morgan fingerprint density at radius 3 is 2.78 bits per heavy atom. The second kappa shape index (κ2) is 8.37. The fourth-order valence-electron chi connectivity index (χ4n) is 2.05. The van der Waals surface area contributed by atoms with Crippen molar-refractivity contribution in [3.8, 4) is 0 Å². The maximum atomic E-state index is 12.6. The summed E-state index contributed by atoms with van der Waals surface area (Å²) in [5.41, 5.74) is 0.168. The zero-order chi connectivity index (χ0) is 16.8. The van der Waals surface area contributed by atoms with Crippen molar-refractivity contribution < 1.29 is 13.6 Å². The van der Waals surface area contributed by atoms with E-state index in [-0.39, 0.29) is 28.4 Å². The van der Waals surface area contributed by atoms with Gasteiger partial charge in [-0.15, -0.1) is 11.3 Å². The molecule has 4 nitrogen and oxygen atoms in total. The number of alkyl halides is 2. The maximum absolute atomic E-state index is 12.6. The topological polar surface area (TPSA) is 45.2 Å². The van der Waals surface area contributed by atoms with E-state index < -0.39 is 11.7 Å². The number of carbonyl (C=O) groups is 1. The molecule has 1 atom stereocenters. The number of pyridine rings is 1. The summed E-state index contributed by atoms with van der Waals surface area (Å²) in [6.07, 6.45) is 1.40. The van der Waals surface area contributed by atoms with Gasteiger partial charge in [0.25, 0.3) is 11.7 Å². The maximum Gasteiger partial charge on any atom is 0.290 e. The molecule has 124 valence electrons. The van der Waals surface area contributed by atoms with Crippen LogP contribution in [0.2, 0.25) is 0 Å². The van der Waals surface area contributed by atoms with Gasteiger partial charge in [-0.25, -0.2) is 4.98 Å². The van der Waals surface area contributed by atoms with Gasteiger partial charge in [-0.1, -0.05) is 6.07 Å². The molecule has 2 heterocycles. The first-order chi connectivity index (χ1) is 11.0. The van der Waals surface area contributed by atoms with Crippen LogP contribution in [0, 0.1) is 0 Å². The molecule has 0 saturated heterocycles. The molecule has 2 rings (SSSR count). The summed E-state index contributed by atoms with van der Waals surface area (Å²) in [5, 5.41) is 4.83. The minimum Gasteiger partial charge on any atom is -0.350 e. The third-order valence-corrected chi connectivity index (χ3v) is 4.87. The second-order valence-corrected chi connectivity index (χ2v) is 6.90. The van der Waals surface area contributed by atoms with Crippen LogP contribution in [0.25, 0.3) is 0 Å². The number of nitrogens with zero attached hydrogens (tertiary/aromatic N) is 2. The van der Waals surface area contributed by atoms with Crippen LogP contribution in [0.5, 0.6) is 0 Å². The monoisotopic (exact) mass is 357 g/mol. The first kappa shape index (κ1) is 17.8. The number of nitrogens with one attached hydrogen (secondary N) is 1. The summed E-state index contributed by atoms with van der Waals surface area (Å²) >= 11 is 1.89. The highest BCUT2D eigenvalue weighted by Gasteiger charge is 2.20. The highest BCUT2D eigenvalue weighted by atomic mass is 32.2. The average Bonchev–Trinajstić information content (AvgIpc) is 3.01. The molecule has 0 aliphatic heterocycles. The number of aromatic nitrogens is 1. The Labute approximate surface area is 141 Å². The Hall–Kier alpha value is -1.51. The van der Waals surface area contributed by atoms with Crippen LogP contribution in [0.4, 0.5) is 8.78 Å². The van der Waals surface area contributed by atoms with E-state index in [1.165, 1.54) is 12.3 Å². The molecule has 0 spiro atoms. The van der Waals surface area contributed by atoms with E-state index in [9.17, 15) is 13.6 Å². The molecule has 1 amide bonds. The van der Waals surface area contributed by atoms with Crippen LogP contribution >= 0.6 is 23.1 Å². The highest BCUT2D eigenvalue weighted by Crippen LogP contribution is 2.26. The largest absolute Gasteiger partial charge is 0.350 e. The number of halogens is 2. The molecule has 0 aromatic carbocycles. The standard InChI is InChI=1S/C15H17F2N3OS2/c1-20(2)11(12-6-4-8-22-12)9-19-13(21)10-5-3-7-18-14(10)23-15(16)17/h3-8,11,15H,9H2,1-2H3,(H,19,21). The zero-order valence-electron chi connectivity index (χ0n) is 12.7. The van der Waals surface area contributed by atoms with Crippen LogP contribution in [0.3, 0.4) is 0 Å². The number of amides is 1. The Balaban J connectivity index is 2.07. The number of rotatable bonds is 7. The van der Waals surface area contributed by atoms with Gasteiger partial charge in [-0.2, -0.15) is 8.78 Å². The number of thioether (sulfide) groups is 1. The fourth-order valence-corrected chi connectivity index (χ4v) is 3.55. The minimum absolute atomic E-state index is 0.0295. The van der Waals surface area contributed by atoms with Crippen LogP contribution in [-0.4, -0.2) is 42.2 Å². The van der Waals surface area contributed by atoms with Gasteiger partial charge in [0, 0.05) is 17.6 Å². The molecular weight excluding hydrogens is 340 g/mol. The summed E-state index contributed by atoms with van der Waals surface area (Å²) in [6, 6.07) is 7.05. The van der Waals surface area contributed by atoms with Crippen LogP contribution in [0.15, 0.2) is 40.9 Å². The van der Waals surface area contributed by atoms with Crippen molar-refractivity contribution in [3.05, 3.63) is 46.3 Å². The molecule has 23 heavy (non-hydrogen) atoms. The summed E-state index contributed by atoms with van der Waals surface area (Å²) in [4.78, 5) is 19.3. The number of likely N-dealkylation sites (N-methyl/N-ethyl adjacent to an activating group) is 1. The summed E-state index contributed by atoms with van der Waals surface area (Å²) in [7, 11) is 3.86.